The first-order chi connectivity index (χ1) is 15.4. The van der Waals surface area contributed by atoms with Crippen molar-refractivity contribution in [2.24, 2.45) is 0 Å². The number of hydrogen-bond acceptors (Lipinski definition) is 5. The van der Waals surface area contributed by atoms with Crippen LogP contribution in [0.5, 0.6) is 0 Å². The molecule has 1 unspecified atom stereocenters. The lowest BCUT2D eigenvalue weighted by molar-refractivity contribution is -0.120. The van der Waals surface area contributed by atoms with Crippen LogP contribution in [-0.4, -0.2) is 20.7 Å². The quantitative estimate of drug-likeness (QED) is 0.288. The monoisotopic (exact) mass is 487 g/mol. The Morgan fingerprint density at radius 2 is 2.00 bits per heavy atom. The van der Waals surface area contributed by atoms with Crippen molar-refractivity contribution in [2.75, 3.05) is 0 Å². The lowest BCUT2D eigenvalue weighted by Crippen LogP contribution is -2.32. The highest BCUT2D eigenvalue weighted by atomic mass is 35.5. The first kappa shape index (κ1) is 22.5. The number of nitrogens with one attached hydrogen (secondary N) is 1. The van der Waals surface area contributed by atoms with Crippen LogP contribution in [0.15, 0.2) is 75.2 Å². The molecular weight excluding hydrogens is 469 g/mol. The van der Waals surface area contributed by atoms with E-state index in [-0.39, 0.29) is 18.0 Å². The minimum absolute atomic E-state index is 0.195. The third kappa shape index (κ3) is 5.01. The third-order valence-electron chi connectivity index (χ3n) is 4.84. The number of carbonyl (C=O) groups is 1. The number of rotatable bonds is 7. The van der Waals surface area contributed by atoms with Crippen molar-refractivity contribution in [1.29, 1.82) is 0 Å². The highest BCUT2D eigenvalue weighted by Crippen LogP contribution is 2.25. The molecule has 4 rings (SSSR count). The summed E-state index contributed by atoms with van der Waals surface area (Å²) in [5.41, 5.74) is 1.08. The van der Waals surface area contributed by atoms with Crippen LogP contribution in [0.1, 0.15) is 18.2 Å². The van der Waals surface area contributed by atoms with E-state index in [4.69, 9.17) is 27.6 Å². The molecule has 1 atom stereocenters. The highest BCUT2D eigenvalue weighted by molar-refractivity contribution is 8.00. The van der Waals surface area contributed by atoms with Crippen LogP contribution in [0.25, 0.3) is 10.9 Å². The van der Waals surface area contributed by atoms with Crippen molar-refractivity contribution in [1.82, 2.24) is 14.9 Å². The molecule has 0 aliphatic rings. The summed E-state index contributed by atoms with van der Waals surface area (Å²) >= 11 is 13.5. The van der Waals surface area contributed by atoms with Crippen LogP contribution < -0.4 is 10.9 Å². The van der Waals surface area contributed by atoms with Gasteiger partial charge in [0.25, 0.3) is 5.56 Å². The first-order valence-corrected chi connectivity index (χ1v) is 11.5. The first-order valence-electron chi connectivity index (χ1n) is 9.82. The second-order valence-electron chi connectivity index (χ2n) is 7.10. The molecule has 2 aromatic carbocycles. The largest absolute Gasteiger partial charge is 0.467 e. The molecule has 0 aliphatic carbocycles. The Labute approximate surface area is 198 Å². The van der Waals surface area contributed by atoms with Gasteiger partial charge in [0.15, 0.2) is 5.16 Å². The zero-order valence-corrected chi connectivity index (χ0v) is 19.4. The molecule has 4 aromatic rings. The molecule has 32 heavy (non-hydrogen) atoms. The summed E-state index contributed by atoms with van der Waals surface area (Å²) in [7, 11) is 0. The lowest BCUT2D eigenvalue weighted by atomic mass is 10.2. The van der Waals surface area contributed by atoms with E-state index in [0.717, 1.165) is 5.56 Å². The van der Waals surface area contributed by atoms with Gasteiger partial charge in [0, 0.05) is 16.6 Å². The molecule has 1 N–H and O–H groups in total. The van der Waals surface area contributed by atoms with Crippen molar-refractivity contribution in [3.8, 4) is 0 Å². The number of nitrogens with zero attached hydrogens (tertiary/aromatic N) is 2. The Bertz CT molecular complexity index is 1320. The fourth-order valence-corrected chi connectivity index (χ4v) is 4.44. The molecule has 164 valence electrons. The second kappa shape index (κ2) is 9.81. The zero-order chi connectivity index (χ0) is 22.7. The molecule has 9 heteroatoms. The minimum Gasteiger partial charge on any atom is -0.467 e. The van der Waals surface area contributed by atoms with Crippen molar-refractivity contribution in [3.63, 3.8) is 0 Å². The van der Waals surface area contributed by atoms with Crippen LogP contribution >= 0.6 is 35.0 Å². The molecule has 0 spiro atoms. The van der Waals surface area contributed by atoms with E-state index in [0.29, 0.717) is 38.4 Å². The Hall–Kier alpha value is -2.74. The summed E-state index contributed by atoms with van der Waals surface area (Å²) in [4.78, 5) is 30.6. The van der Waals surface area contributed by atoms with E-state index in [1.807, 2.05) is 18.2 Å². The number of amides is 1. The normalized spacial score (nSPS) is 12.1. The van der Waals surface area contributed by atoms with Crippen molar-refractivity contribution in [3.05, 3.63) is 92.6 Å². The van der Waals surface area contributed by atoms with Gasteiger partial charge in [-0.1, -0.05) is 53.2 Å². The summed E-state index contributed by atoms with van der Waals surface area (Å²) in [6.07, 6.45) is 1.55. The van der Waals surface area contributed by atoms with E-state index in [9.17, 15) is 9.59 Å². The van der Waals surface area contributed by atoms with Crippen LogP contribution in [-0.2, 0) is 17.9 Å². The summed E-state index contributed by atoms with van der Waals surface area (Å²) in [5.74, 6) is 0.416. The van der Waals surface area contributed by atoms with Gasteiger partial charge in [0.05, 0.1) is 29.0 Å². The van der Waals surface area contributed by atoms with E-state index in [1.54, 1.807) is 49.6 Å². The van der Waals surface area contributed by atoms with Gasteiger partial charge in [-0.2, -0.15) is 0 Å². The number of hydrogen-bond donors (Lipinski definition) is 1. The molecular formula is C23H19Cl2N3O3S. The van der Waals surface area contributed by atoms with Crippen molar-refractivity contribution in [2.45, 2.75) is 30.4 Å². The Balaban J connectivity index is 1.60. The molecule has 2 aromatic heterocycles. The fourth-order valence-electron chi connectivity index (χ4n) is 3.14. The van der Waals surface area contributed by atoms with E-state index in [2.05, 4.69) is 10.3 Å². The molecule has 0 bridgehead atoms. The summed E-state index contributed by atoms with van der Waals surface area (Å²) < 4.78 is 6.93. The molecule has 6 nitrogen and oxygen atoms in total. The van der Waals surface area contributed by atoms with E-state index >= 15 is 0 Å². The lowest BCUT2D eigenvalue weighted by Gasteiger charge is -2.16. The topological polar surface area (TPSA) is 77.1 Å². The maximum atomic E-state index is 13.2. The number of aromatic nitrogens is 2. The van der Waals surface area contributed by atoms with Crippen LogP contribution in [0.3, 0.4) is 0 Å². The Kier molecular flexibility index (Phi) is 6.89. The average molecular weight is 488 g/mol. The highest BCUT2D eigenvalue weighted by Gasteiger charge is 2.20. The van der Waals surface area contributed by atoms with Gasteiger partial charge in [-0.05, 0) is 48.9 Å². The zero-order valence-electron chi connectivity index (χ0n) is 17.0. The maximum absolute atomic E-state index is 13.2. The molecule has 0 saturated carbocycles. The SMILES string of the molecule is CC(Sc1nc2cc(Cl)ccc2c(=O)n1Cc1ccco1)C(=O)NCc1ccccc1Cl. The van der Waals surface area contributed by atoms with Gasteiger partial charge >= 0.3 is 0 Å². The van der Waals surface area contributed by atoms with Gasteiger partial charge in [0.1, 0.15) is 5.76 Å². The maximum Gasteiger partial charge on any atom is 0.262 e. The Morgan fingerprint density at radius 3 is 2.75 bits per heavy atom. The molecule has 1 amide bonds. The number of fused-ring (bicyclic) bond motifs is 1. The molecule has 0 fully saturated rings. The summed E-state index contributed by atoms with van der Waals surface area (Å²) in [6.45, 7) is 2.27. The van der Waals surface area contributed by atoms with Gasteiger partial charge in [0.2, 0.25) is 5.91 Å². The third-order valence-corrected chi connectivity index (χ3v) is 6.53. The number of carbonyl (C=O) groups excluding carboxylic acids is 1. The van der Waals surface area contributed by atoms with Gasteiger partial charge in [-0.15, -0.1) is 0 Å². The molecule has 0 saturated heterocycles. The van der Waals surface area contributed by atoms with Crippen LogP contribution in [0, 0.1) is 0 Å². The van der Waals surface area contributed by atoms with Crippen molar-refractivity contribution < 1.29 is 9.21 Å². The Morgan fingerprint density at radius 1 is 1.19 bits per heavy atom. The van der Waals surface area contributed by atoms with E-state index < -0.39 is 5.25 Å². The van der Waals surface area contributed by atoms with Crippen molar-refractivity contribution >= 4 is 51.8 Å². The summed E-state index contributed by atoms with van der Waals surface area (Å²) in [5, 5.41) is 4.30. The standard InChI is InChI=1S/C23H19Cl2N3O3S/c1-14(21(29)26-12-15-5-2-3-7-19(15)25)32-23-27-20-11-16(24)8-9-18(20)22(30)28(23)13-17-6-4-10-31-17/h2-11,14H,12-13H2,1H3,(H,26,29). The average Bonchev–Trinajstić information content (AvgIpc) is 3.28. The second-order valence-corrected chi connectivity index (χ2v) is 9.25. The van der Waals surface area contributed by atoms with Gasteiger partial charge in [-0.3, -0.25) is 14.2 Å². The minimum atomic E-state index is -0.510. The molecule has 0 radical (unpaired) electrons. The smallest absolute Gasteiger partial charge is 0.262 e. The fraction of sp³-hybridized carbons (Fsp3) is 0.174. The predicted octanol–water partition coefficient (Wildman–Crippen LogP) is 5.14. The van der Waals surface area contributed by atoms with Crippen LogP contribution in [0.2, 0.25) is 10.0 Å². The number of benzene rings is 2. The van der Waals surface area contributed by atoms with Gasteiger partial charge in [-0.25, -0.2) is 4.98 Å². The van der Waals surface area contributed by atoms with Crippen LogP contribution in [0.4, 0.5) is 0 Å². The number of thioether (sulfide) groups is 1. The molecule has 0 aliphatic heterocycles. The summed E-state index contributed by atoms with van der Waals surface area (Å²) in [6, 6.07) is 15.8. The number of halogens is 2. The number of furan rings is 1. The predicted molar refractivity (Wildman–Crippen MR) is 127 cm³/mol. The molecule has 2 heterocycles. The van der Waals surface area contributed by atoms with Gasteiger partial charge < -0.3 is 9.73 Å². The van der Waals surface area contributed by atoms with E-state index in [1.165, 1.54) is 16.3 Å².